The minimum absolute atomic E-state index is 0.0766. The minimum atomic E-state index is -0.617. The quantitative estimate of drug-likeness (QED) is 0.276. The highest BCUT2D eigenvalue weighted by atomic mass is 16.4. The first-order valence-electron chi connectivity index (χ1n) is 5.68. The molecule has 0 saturated carbocycles. The summed E-state index contributed by atoms with van der Waals surface area (Å²) in [5.74, 6) is -0.339. The van der Waals surface area contributed by atoms with Crippen molar-refractivity contribution in [3.05, 3.63) is 12.2 Å². The lowest BCUT2D eigenvalue weighted by Gasteiger charge is -2.14. The van der Waals surface area contributed by atoms with E-state index in [1.807, 2.05) is 6.92 Å². The number of nitrogens with zero attached hydrogens (tertiary/aromatic N) is 4. The van der Waals surface area contributed by atoms with Crippen molar-refractivity contribution in [2.45, 2.75) is 26.3 Å². The maximum absolute atomic E-state index is 11.9. The lowest BCUT2D eigenvalue weighted by atomic mass is 10.0. The van der Waals surface area contributed by atoms with E-state index < -0.39 is 5.92 Å². The van der Waals surface area contributed by atoms with Gasteiger partial charge < -0.3 is 20.8 Å². The molecule has 0 spiro atoms. The van der Waals surface area contributed by atoms with Crippen LogP contribution in [-0.2, 0) is 18.4 Å². The molecular formula is C10H18N6O2. The summed E-state index contributed by atoms with van der Waals surface area (Å²) >= 11 is 0. The second-order valence-corrected chi connectivity index (χ2v) is 3.94. The molecule has 1 unspecified atom stereocenters. The van der Waals surface area contributed by atoms with Crippen molar-refractivity contribution >= 4 is 11.7 Å². The van der Waals surface area contributed by atoms with Crippen LogP contribution in [0.2, 0.25) is 0 Å². The molecule has 0 aliphatic rings. The van der Waals surface area contributed by atoms with Crippen LogP contribution < -0.4 is 11.1 Å². The van der Waals surface area contributed by atoms with Gasteiger partial charge in [0, 0.05) is 7.05 Å². The summed E-state index contributed by atoms with van der Waals surface area (Å²) in [6.45, 7) is 2.18. The zero-order chi connectivity index (χ0) is 13.5. The maximum atomic E-state index is 11.9. The van der Waals surface area contributed by atoms with Gasteiger partial charge in [0.05, 0.1) is 12.5 Å². The molecule has 1 atom stereocenters. The highest BCUT2D eigenvalue weighted by molar-refractivity contribution is 6.01. The topological polar surface area (TPSA) is 118 Å². The third kappa shape index (κ3) is 3.44. The lowest BCUT2D eigenvalue weighted by molar-refractivity contribution is -0.123. The van der Waals surface area contributed by atoms with Crippen LogP contribution in [0.5, 0.6) is 0 Å². The second-order valence-electron chi connectivity index (χ2n) is 3.94. The molecule has 0 aliphatic heterocycles. The van der Waals surface area contributed by atoms with Crippen LogP contribution in [0.3, 0.4) is 0 Å². The van der Waals surface area contributed by atoms with Gasteiger partial charge in [-0.15, -0.1) is 10.2 Å². The van der Waals surface area contributed by atoms with Gasteiger partial charge in [0.25, 0.3) is 0 Å². The predicted octanol–water partition coefficient (Wildman–Crippen LogP) is -0.406. The van der Waals surface area contributed by atoms with Crippen LogP contribution in [0.1, 0.15) is 25.6 Å². The SMILES string of the molecule is CCCC(C(=O)NCc1nncn1C)/C(N)=N/O. The Kier molecular flexibility index (Phi) is 5.09. The van der Waals surface area contributed by atoms with Crippen molar-refractivity contribution in [1.29, 1.82) is 0 Å². The van der Waals surface area contributed by atoms with Gasteiger partial charge >= 0.3 is 0 Å². The number of aromatic nitrogens is 3. The molecule has 1 aromatic rings. The minimum Gasteiger partial charge on any atom is -0.409 e. The van der Waals surface area contributed by atoms with Crippen molar-refractivity contribution in [3.63, 3.8) is 0 Å². The molecule has 8 heteroatoms. The Labute approximate surface area is 105 Å². The van der Waals surface area contributed by atoms with Crippen LogP contribution >= 0.6 is 0 Å². The zero-order valence-corrected chi connectivity index (χ0v) is 10.5. The van der Waals surface area contributed by atoms with E-state index in [2.05, 4.69) is 20.7 Å². The summed E-state index contributed by atoms with van der Waals surface area (Å²) in [4.78, 5) is 11.9. The van der Waals surface area contributed by atoms with Crippen molar-refractivity contribution < 1.29 is 10.0 Å². The molecule has 0 fully saturated rings. The normalized spacial score (nSPS) is 13.3. The second kappa shape index (κ2) is 6.58. The average molecular weight is 254 g/mol. The molecule has 8 nitrogen and oxygen atoms in total. The van der Waals surface area contributed by atoms with Crippen LogP contribution in [0, 0.1) is 5.92 Å². The molecule has 1 heterocycles. The van der Waals surface area contributed by atoms with E-state index in [0.29, 0.717) is 12.2 Å². The van der Waals surface area contributed by atoms with E-state index in [-0.39, 0.29) is 18.3 Å². The van der Waals surface area contributed by atoms with Gasteiger partial charge in [-0.05, 0) is 6.42 Å². The Morgan fingerprint density at radius 1 is 1.72 bits per heavy atom. The molecular weight excluding hydrogens is 236 g/mol. The Morgan fingerprint density at radius 3 is 2.94 bits per heavy atom. The Morgan fingerprint density at radius 2 is 2.44 bits per heavy atom. The van der Waals surface area contributed by atoms with Gasteiger partial charge in [-0.2, -0.15) is 0 Å². The number of aryl methyl sites for hydroxylation is 1. The summed E-state index contributed by atoms with van der Waals surface area (Å²) in [5, 5.41) is 21.8. The van der Waals surface area contributed by atoms with Gasteiger partial charge in [0.15, 0.2) is 11.7 Å². The Balaban J connectivity index is 2.60. The standard InChI is InChI=1S/C10H18N6O2/c1-3-4-7(9(11)15-18)10(17)12-5-8-14-13-6-16(8)2/h6-7,18H,3-5H2,1-2H3,(H2,11,15)(H,12,17). The van der Waals surface area contributed by atoms with Crippen molar-refractivity contribution in [1.82, 2.24) is 20.1 Å². The number of amidine groups is 1. The number of carbonyl (C=O) groups excluding carboxylic acids is 1. The highest BCUT2D eigenvalue weighted by Gasteiger charge is 2.22. The molecule has 100 valence electrons. The van der Waals surface area contributed by atoms with E-state index in [1.54, 1.807) is 17.9 Å². The molecule has 4 N–H and O–H groups in total. The average Bonchev–Trinajstić information content (AvgIpc) is 2.77. The van der Waals surface area contributed by atoms with E-state index in [9.17, 15) is 4.79 Å². The molecule has 18 heavy (non-hydrogen) atoms. The number of nitrogens with two attached hydrogens (primary N) is 1. The fourth-order valence-corrected chi connectivity index (χ4v) is 1.53. The summed E-state index contributed by atoms with van der Waals surface area (Å²) in [6, 6.07) is 0. The van der Waals surface area contributed by atoms with E-state index in [4.69, 9.17) is 10.9 Å². The number of hydrogen-bond acceptors (Lipinski definition) is 5. The van der Waals surface area contributed by atoms with Crippen LogP contribution in [0.15, 0.2) is 11.5 Å². The van der Waals surface area contributed by atoms with Crippen molar-refractivity contribution in [2.24, 2.45) is 23.9 Å². The van der Waals surface area contributed by atoms with Gasteiger partial charge in [-0.25, -0.2) is 0 Å². The number of nitrogens with one attached hydrogen (secondary N) is 1. The number of hydrogen-bond donors (Lipinski definition) is 3. The first-order valence-corrected chi connectivity index (χ1v) is 5.68. The fraction of sp³-hybridized carbons (Fsp3) is 0.600. The summed E-state index contributed by atoms with van der Waals surface area (Å²) in [6.07, 6.45) is 2.84. The number of rotatable bonds is 6. The van der Waals surface area contributed by atoms with E-state index in [0.717, 1.165) is 6.42 Å². The zero-order valence-electron chi connectivity index (χ0n) is 10.5. The highest BCUT2D eigenvalue weighted by Crippen LogP contribution is 2.07. The number of amides is 1. The largest absolute Gasteiger partial charge is 0.409 e. The first kappa shape index (κ1) is 13.9. The van der Waals surface area contributed by atoms with Gasteiger partial charge in [0.1, 0.15) is 6.33 Å². The third-order valence-corrected chi connectivity index (χ3v) is 2.59. The van der Waals surface area contributed by atoms with Crippen LogP contribution in [0.25, 0.3) is 0 Å². The summed E-state index contributed by atoms with van der Waals surface area (Å²) < 4.78 is 1.71. The number of carbonyl (C=O) groups is 1. The fourth-order valence-electron chi connectivity index (χ4n) is 1.53. The van der Waals surface area contributed by atoms with Gasteiger partial charge in [0.2, 0.25) is 5.91 Å². The van der Waals surface area contributed by atoms with Crippen LogP contribution in [0.4, 0.5) is 0 Å². The molecule has 0 aromatic carbocycles. The summed E-state index contributed by atoms with van der Waals surface area (Å²) in [7, 11) is 1.79. The summed E-state index contributed by atoms with van der Waals surface area (Å²) in [5.41, 5.74) is 5.49. The van der Waals surface area contributed by atoms with Crippen molar-refractivity contribution in [3.8, 4) is 0 Å². The monoisotopic (exact) mass is 254 g/mol. The molecule has 1 aromatic heterocycles. The van der Waals surface area contributed by atoms with E-state index >= 15 is 0 Å². The molecule has 0 bridgehead atoms. The third-order valence-electron chi connectivity index (χ3n) is 2.59. The maximum Gasteiger partial charge on any atom is 0.231 e. The van der Waals surface area contributed by atoms with Gasteiger partial charge in [-0.3, -0.25) is 4.79 Å². The number of oxime groups is 1. The van der Waals surface area contributed by atoms with E-state index in [1.165, 1.54) is 0 Å². The van der Waals surface area contributed by atoms with Crippen molar-refractivity contribution in [2.75, 3.05) is 0 Å². The smallest absolute Gasteiger partial charge is 0.231 e. The first-order chi connectivity index (χ1) is 8.60. The predicted molar refractivity (Wildman–Crippen MR) is 64.7 cm³/mol. The Hall–Kier alpha value is -2.12. The van der Waals surface area contributed by atoms with Gasteiger partial charge in [-0.1, -0.05) is 18.5 Å². The molecule has 1 amide bonds. The molecule has 0 radical (unpaired) electrons. The van der Waals surface area contributed by atoms with Crippen LogP contribution in [-0.4, -0.2) is 31.7 Å². The molecule has 0 saturated heterocycles. The Bertz CT molecular complexity index is 428. The molecule has 1 rings (SSSR count). The lowest BCUT2D eigenvalue weighted by Crippen LogP contribution is -2.39. The molecule has 0 aliphatic carbocycles.